The molecule has 1 saturated heterocycles. The first-order valence-corrected chi connectivity index (χ1v) is 11.9. The van der Waals surface area contributed by atoms with E-state index in [4.69, 9.17) is 25.8 Å². The lowest BCUT2D eigenvalue weighted by Gasteiger charge is -2.26. The second-order valence-corrected chi connectivity index (χ2v) is 8.22. The molecular weight excluding hydrogens is 472 g/mol. The van der Waals surface area contributed by atoms with E-state index in [9.17, 15) is 14.4 Å². The summed E-state index contributed by atoms with van der Waals surface area (Å²) in [6, 6.07) is 9.40. The van der Waals surface area contributed by atoms with Crippen molar-refractivity contribution in [3.8, 4) is 17.2 Å². The summed E-state index contributed by atoms with van der Waals surface area (Å²) in [4.78, 5) is 39.0. The van der Waals surface area contributed by atoms with Crippen molar-refractivity contribution in [2.75, 3.05) is 19.8 Å². The van der Waals surface area contributed by atoms with Crippen LogP contribution in [-0.4, -0.2) is 42.6 Å². The van der Waals surface area contributed by atoms with Crippen LogP contribution < -0.4 is 19.5 Å². The Morgan fingerprint density at radius 2 is 1.57 bits per heavy atom. The summed E-state index contributed by atoms with van der Waals surface area (Å²) >= 11 is 6.27. The third kappa shape index (κ3) is 6.54. The quantitative estimate of drug-likeness (QED) is 0.345. The number of hydrogen-bond acceptors (Lipinski definition) is 6. The molecule has 0 unspecified atom stereocenters. The number of carbonyl (C=O) groups is 3. The molecule has 0 aliphatic carbocycles. The fraction of sp³-hybridized carbons (Fsp3) is 0.346. The molecule has 1 heterocycles. The van der Waals surface area contributed by atoms with Crippen molar-refractivity contribution in [3.05, 3.63) is 58.1 Å². The summed E-state index contributed by atoms with van der Waals surface area (Å²) < 4.78 is 16.9. The number of imide groups is 2. The van der Waals surface area contributed by atoms with Gasteiger partial charge in [-0.1, -0.05) is 37.6 Å². The maximum Gasteiger partial charge on any atom is 0.331 e. The molecule has 2 aromatic rings. The molecule has 0 atom stereocenters. The molecule has 0 radical (unpaired) electrons. The Morgan fingerprint density at radius 1 is 0.886 bits per heavy atom. The third-order valence-electron chi connectivity index (χ3n) is 5.02. The molecular formula is C26H29ClN2O6. The van der Waals surface area contributed by atoms with Crippen molar-refractivity contribution in [2.24, 2.45) is 0 Å². The molecule has 0 saturated carbocycles. The average Bonchev–Trinajstić information content (AvgIpc) is 2.83. The van der Waals surface area contributed by atoms with Crippen LogP contribution in [0.4, 0.5) is 4.79 Å². The van der Waals surface area contributed by atoms with Crippen molar-refractivity contribution in [2.45, 2.75) is 40.2 Å². The molecule has 3 rings (SSSR count). The van der Waals surface area contributed by atoms with E-state index < -0.39 is 17.8 Å². The summed E-state index contributed by atoms with van der Waals surface area (Å²) in [5, 5.41) is 2.59. The van der Waals surface area contributed by atoms with Gasteiger partial charge in [0.05, 0.1) is 31.4 Å². The molecule has 1 aliphatic rings. The maximum absolute atomic E-state index is 13.1. The Kier molecular flexibility index (Phi) is 9.14. The molecule has 0 spiro atoms. The summed E-state index contributed by atoms with van der Waals surface area (Å²) in [7, 11) is 0. The Bertz CT molecular complexity index is 1130. The number of nitrogens with one attached hydrogen (secondary N) is 1. The number of barbiturate groups is 1. The second kappa shape index (κ2) is 12.3. The highest BCUT2D eigenvalue weighted by atomic mass is 35.5. The number of halogens is 1. The van der Waals surface area contributed by atoms with Gasteiger partial charge in [0.2, 0.25) is 0 Å². The van der Waals surface area contributed by atoms with Gasteiger partial charge in [-0.05, 0) is 61.2 Å². The molecule has 1 aliphatic heterocycles. The van der Waals surface area contributed by atoms with Crippen LogP contribution in [0.2, 0.25) is 5.02 Å². The lowest BCUT2D eigenvalue weighted by atomic mass is 10.1. The van der Waals surface area contributed by atoms with Crippen LogP contribution in [0.1, 0.15) is 44.7 Å². The zero-order valence-electron chi connectivity index (χ0n) is 20.1. The standard InChI is InChI=1S/C26H29ClN2O6/c1-4-11-34-21-9-7-17(14-20(21)27)13-19-24(30)28-26(32)29(25(19)31)16-18-8-10-22(35-12-5-2)23(15-18)33-6-3/h7-10,13-15H,4-6,11-12,16H2,1-3H3,(H,28,30,32)/b19-13+. The number of nitrogens with zero attached hydrogens (tertiary/aromatic N) is 1. The first kappa shape index (κ1) is 26.1. The maximum atomic E-state index is 13.1. The fourth-order valence-corrected chi connectivity index (χ4v) is 3.62. The SMILES string of the molecule is CCCOc1ccc(/C=C2\C(=O)NC(=O)N(Cc3ccc(OCCC)c(OCC)c3)C2=O)cc1Cl. The van der Waals surface area contributed by atoms with Gasteiger partial charge in [-0.2, -0.15) is 0 Å². The minimum Gasteiger partial charge on any atom is -0.492 e. The molecule has 0 aromatic heterocycles. The molecule has 0 bridgehead atoms. The molecule has 9 heteroatoms. The van der Waals surface area contributed by atoms with Crippen LogP contribution in [0.15, 0.2) is 42.0 Å². The number of carbonyl (C=O) groups excluding carboxylic acids is 3. The topological polar surface area (TPSA) is 94.2 Å². The Hall–Kier alpha value is -3.52. The van der Waals surface area contributed by atoms with Gasteiger partial charge in [-0.25, -0.2) is 4.79 Å². The predicted octanol–water partition coefficient (Wildman–Crippen LogP) is 4.98. The molecule has 1 N–H and O–H groups in total. The molecule has 4 amide bonds. The Labute approximate surface area is 209 Å². The van der Waals surface area contributed by atoms with Crippen LogP contribution >= 0.6 is 11.6 Å². The van der Waals surface area contributed by atoms with Crippen molar-refractivity contribution in [1.82, 2.24) is 10.2 Å². The van der Waals surface area contributed by atoms with E-state index in [0.717, 1.165) is 17.7 Å². The number of hydrogen-bond donors (Lipinski definition) is 1. The summed E-state index contributed by atoms with van der Waals surface area (Å²) in [6.45, 7) is 7.29. The molecule has 1 fully saturated rings. The summed E-state index contributed by atoms with van der Waals surface area (Å²) in [6.07, 6.45) is 3.08. The van der Waals surface area contributed by atoms with E-state index in [1.807, 2.05) is 20.8 Å². The predicted molar refractivity (Wildman–Crippen MR) is 133 cm³/mol. The minimum atomic E-state index is -0.789. The normalized spacial score (nSPS) is 14.8. The monoisotopic (exact) mass is 500 g/mol. The number of rotatable bonds is 11. The largest absolute Gasteiger partial charge is 0.492 e. The number of ether oxygens (including phenoxy) is 3. The van der Waals surface area contributed by atoms with Gasteiger partial charge in [-0.15, -0.1) is 0 Å². The first-order chi connectivity index (χ1) is 16.9. The minimum absolute atomic E-state index is 0.0476. The molecule has 186 valence electrons. The van der Waals surface area contributed by atoms with Crippen LogP contribution in [-0.2, 0) is 16.1 Å². The van der Waals surface area contributed by atoms with E-state index in [1.54, 1.807) is 36.4 Å². The van der Waals surface area contributed by atoms with Crippen molar-refractivity contribution < 1.29 is 28.6 Å². The van der Waals surface area contributed by atoms with Gasteiger partial charge >= 0.3 is 6.03 Å². The number of benzene rings is 2. The van der Waals surface area contributed by atoms with Crippen molar-refractivity contribution >= 4 is 35.5 Å². The van der Waals surface area contributed by atoms with Crippen molar-refractivity contribution in [3.63, 3.8) is 0 Å². The van der Waals surface area contributed by atoms with Gasteiger partial charge in [-0.3, -0.25) is 19.8 Å². The van der Waals surface area contributed by atoms with Crippen LogP contribution in [0, 0.1) is 0 Å². The highest BCUT2D eigenvalue weighted by Crippen LogP contribution is 2.30. The third-order valence-corrected chi connectivity index (χ3v) is 5.32. The van der Waals surface area contributed by atoms with E-state index in [-0.39, 0.29) is 12.1 Å². The van der Waals surface area contributed by atoms with Gasteiger partial charge in [0.1, 0.15) is 11.3 Å². The van der Waals surface area contributed by atoms with E-state index in [1.165, 1.54) is 6.08 Å². The molecule has 2 aromatic carbocycles. The van der Waals surface area contributed by atoms with Crippen molar-refractivity contribution in [1.29, 1.82) is 0 Å². The molecule has 35 heavy (non-hydrogen) atoms. The van der Waals surface area contributed by atoms with E-state index in [2.05, 4.69) is 5.32 Å². The second-order valence-electron chi connectivity index (χ2n) is 7.81. The lowest BCUT2D eigenvalue weighted by Crippen LogP contribution is -2.53. The van der Waals surface area contributed by atoms with Gasteiger partial charge in [0.25, 0.3) is 11.8 Å². The highest BCUT2D eigenvalue weighted by Gasteiger charge is 2.35. The van der Waals surface area contributed by atoms with Crippen LogP contribution in [0.5, 0.6) is 17.2 Å². The van der Waals surface area contributed by atoms with Gasteiger partial charge < -0.3 is 14.2 Å². The smallest absolute Gasteiger partial charge is 0.331 e. The average molecular weight is 501 g/mol. The molecule has 8 nitrogen and oxygen atoms in total. The summed E-state index contributed by atoms with van der Waals surface area (Å²) in [5.74, 6) is 0.159. The zero-order chi connectivity index (χ0) is 25.4. The van der Waals surface area contributed by atoms with Crippen LogP contribution in [0.3, 0.4) is 0 Å². The Morgan fingerprint density at radius 3 is 2.23 bits per heavy atom. The Balaban J connectivity index is 1.84. The fourth-order valence-electron chi connectivity index (χ4n) is 3.37. The van der Waals surface area contributed by atoms with Gasteiger partial charge in [0.15, 0.2) is 11.5 Å². The summed E-state index contributed by atoms with van der Waals surface area (Å²) in [5.41, 5.74) is 1.01. The number of urea groups is 1. The first-order valence-electron chi connectivity index (χ1n) is 11.6. The van der Waals surface area contributed by atoms with E-state index >= 15 is 0 Å². The number of amides is 4. The van der Waals surface area contributed by atoms with Gasteiger partial charge in [0, 0.05) is 0 Å². The van der Waals surface area contributed by atoms with E-state index in [0.29, 0.717) is 53.2 Å². The zero-order valence-corrected chi connectivity index (χ0v) is 20.8. The van der Waals surface area contributed by atoms with Crippen LogP contribution in [0.25, 0.3) is 6.08 Å². The lowest BCUT2D eigenvalue weighted by molar-refractivity contribution is -0.130. The highest BCUT2D eigenvalue weighted by molar-refractivity contribution is 6.33.